The first kappa shape index (κ1) is 28.1. The van der Waals surface area contributed by atoms with E-state index in [4.69, 9.17) is 4.74 Å². The first-order chi connectivity index (χ1) is 16.9. The summed E-state index contributed by atoms with van der Waals surface area (Å²) in [5.74, 6) is -3.96. The Balaban J connectivity index is 1.74. The molecule has 1 saturated heterocycles. The van der Waals surface area contributed by atoms with Crippen molar-refractivity contribution in [2.45, 2.75) is 17.3 Å². The Labute approximate surface area is 210 Å². The molecule has 1 fully saturated rings. The number of anilines is 1. The van der Waals surface area contributed by atoms with Crippen LogP contribution >= 0.6 is 0 Å². The summed E-state index contributed by atoms with van der Waals surface area (Å²) in [5.41, 5.74) is -0.410. The highest BCUT2D eigenvalue weighted by atomic mass is 32.2. The molecule has 11 nitrogen and oxygen atoms in total. The summed E-state index contributed by atoms with van der Waals surface area (Å²) in [4.78, 5) is 11.9. The molecule has 3 rings (SSSR count). The van der Waals surface area contributed by atoms with E-state index in [-0.39, 0.29) is 24.8 Å². The number of sulfone groups is 1. The minimum atomic E-state index is -4.38. The van der Waals surface area contributed by atoms with Crippen LogP contribution in [-0.4, -0.2) is 101 Å². The van der Waals surface area contributed by atoms with E-state index in [2.05, 4.69) is 24.5 Å². The van der Waals surface area contributed by atoms with E-state index in [0.717, 1.165) is 37.7 Å². The number of nitrogens with zero attached hydrogens (tertiary/aromatic N) is 5. The topological polar surface area (TPSA) is 125 Å². The third kappa shape index (κ3) is 7.29. The molecule has 0 radical (unpaired) electrons. The van der Waals surface area contributed by atoms with Crippen molar-refractivity contribution in [3.63, 3.8) is 0 Å². The predicted molar refractivity (Wildman–Crippen MR) is 130 cm³/mol. The van der Waals surface area contributed by atoms with Crippen molar-refractivity contribution in [1.82, 2.24) is 24.1 Å². The normalized spacial score (nSPS) is 15.8. The predicted octanol–water partition coefficient (Wildman–Crippen LogP) is 0.963. The molecule has 2 heterocycles. The number of ether oxygens (including phenoxy) is 1. The molecule has 15 heteroatoms. The SMILES string of the molecule is COc1cc(NS(=O)(=O)N2CCN(CCCN(C)C)CC2)nc(S(=O)(=O)Cc2cccc(F)c2F)n1. The fourth-order valence-corrected chi connectivity index (χ4v) is 6.00. The maximum Gasteiger partial charge on any atom is 0.302 e. The number of piperazine rings is 1. The molecule has 0 amide bonds. The Hall–Kier alpha value is -2.46. The molecule has 1 aromatic heterocycles. The van der Waals surface area contributed by atoms with Gasteiger partial charge in [0.25, 0.3) is 5.16 Å². The molecule has 0 saturated carbocycles. The lowest BCUT2D eigenvalue weighted by Gasteiger charge is -2.34. The van der Waals surface area contributed by atoms with Gasteiger partial charge in [0.05, 0.1) is 12.9 Å². The van der Waals surface area contributed by atoms with Gasteiger partial charge >= 0.3 is 10.2 Å². The van der Waals surface area contributed by atoms with Gasteiger partial charge in [0.1, 0.15) is 5.82 Å². The first-order valence-electron chi connectivity index (χ1n) is 11.1. The Morgan fingerprint density at radius 3 is 2.42 bits per heavy atom. The fourth-order valence-electron chi connectivity index (χ4n) is 3.63. The lowest BCUT2D eigenvalue weighted by atomic mass is 10.2. The average Bonchev–Trinajstić information content (AvgIpc) is 2.81. The number of nitrogens with one attached hydrogen (secondary N) is 1. The van der Waals surface area contributed by atoms with Gasteiger partial charge < -0.3 is 14.5 Å². The van der Waals surface area contributed by atoms with Gasteiger partial charge in [-0.05, 0) is 39.7 Å². The van der Waals surface area contributed by atoms with Crippen LogP contribution in [0.4, 0.5) is 14.6 Å². The fraction of sp³-hybridized carbons (Fsp3) is 0.524. The molecule has 0 spiro atoms. The van der Waals surface area contributed by atoms with Crippen LogP contribution < -0.4 is 9.46 Å². The molecular weight excluding hydrogens is 518 g/mol. The van der Waals surface area contributed by atoms with Crippen LogP contribution in [0.15, 0.2) is 29.4 Å². The maximum atomic E-state index is 14.0. The summed E-state index contributed by atoms with van der Waals surface area (Å²) in [5, 5.41) is -0.783. The molecule has 0 atom stereocenters. The second-order valence-electron chi connectivity index (χ2n) is 8.55. The lowest BCUT2D eigenvalue weighted by molar-refractivity contribution is 0.182. The Morgan fingerprint density at radius 1 is 1.08 bits per heavy atom. The van der Waals surface area contributed by atoms with Crippen LogP contribution in [0.1, 0.15) is 12.0 Å². The molecule has 1 N–H and O–H groups in total. The minimum absolute atomic E-state index is 0.216. The Bertz CT molecular complexity index is 1270. The van der Waals surface area contributed by atoms with Crippen LogP contribution in [-0.2, 0) is 25.8 Å². The molecule has 2 aromatic rings. The van der Waals surface area contributed by atoms with Crippen molar-refractivity contribution in [1.29, 1.82) is 0 Å². The summed E-state index contributed by atoms with van der Waals surface area (Å²) >= 11 is 0. The van der Waals surface area contributed by atoms with Gasteiger partial charge in [-0.2, -0.15) is 22.7 Å². The van der Waals surface area contributed by atoms with Gasteiger partial charge in [-0.15, -0.1) is 0 Å². The monoisotopic (exact) mass is 548 g/mol. The zero-order valence-electron chi connectivity index (χ0n) is 20.3. The van der Waals surface area contributed by atoms with Gasteiger partial charge in [-0.25, -0.2) is 17.2 Å². The molecule has 200 valence electrons. The van der Waals surface area contributed by atoms with Gasteiger partial charge in [0, 0.05) is 37.8 Å². The molecular formula is C21H30F2N6O5S2. The van der Waals surface area contributed by atoms with Crippen molar-refractivity contribution in [2.75, 3.05) is 65.2 Å². The highest BCUT2D eigenvalue weighted by Gasteiger charge is 2.29. The van der Waals surface area contributed by atoms with Gasteiger partial charge in [0.2, 0.25) is 15.7 Å². The summed E-state index contributed by atoms with van der Waals surface area (Å²) in [6.07, 6.45) is 0.968. The van der Waals surface area contributed by atoms with E-state index < -0.39 is 48.2 Å². The number of rotatable bonds is 11. The molecule has 1 aromatic carbocycles. The summed E-state index contributed by atoms with van der Waals surface area (Å²) in [7, 11) is -3.22. The van der Waals surface area contributed by atoms with E-state index in [1.807, 2.05) is 14.1 Å². The van der Waals surface area contributed by atoms with Gasteiger partial charge in [0.15, 0.2) is 11.6 Å². The van der Waals surface area contributed by atoms with E-state index in [1.165, 1.54) is 17.5 Å². The molecule has 0 unspecified atom stereocenters. The largest absolute Gasteiger partial charge is 0.481 e. The summed E-state index contributed by atoms with van der Waals surface area (Å²) in [6.45, 7) is 3.41. The Morgan fingerprint density at radius 2 is 1.78 bits per heavy atom. The smallest absolute Gasteiger partial charge is 0.302 e. The van der Waals surface area contributed by atoms with E-state index in [1.54, 1.807) is 0 Å². The number of aromatic nitrogens is 2. The van der Waals surface area contributed by atoms with Crippen molar-refractivity contribution in [2.24, 2.45) is 0 Å². The summed E-state index contributed by atoms with van der Waals surface area (Å²) in [6, 6.07) is 4.30. The number of halogens is 2. The van der Waals surface area contributed by atoms with E-state index in [0.29, 0.717) is 13.1 Å². The molecule has 0 bridgehead atoms. The minimum Gasteiger partial charge on any atom is -0.481 e. The highest BCUT2D eigenvalue weighted by Crippen LogP contribution is 2.23. The standard InChI is InChI=1S/C21H30F2N6O5S2/c1-27(2)8-5-9-28-10-12-29(13-11-28)36(32,33)26-18-14-19(34-3)25-21(24-18)35(30,31)15-16-6-4-7-17(22)20(16)23/h4,6-7,14H,5,8-13,15H2,1-3H3,(H,24,25,26). The van der Waals surface area contributed by atoms with Crippen molar-refractivity contribution >= 4 is 25.9 Å². The molecule has 1 aliphatic rings. The first-order valence-corrected chi connectivity index (χ1v) is 14.2. The molecule has 36 heavy (non-hydrogen) atoms. The summed E-state index contributed by atoms with van der Waals surface area (Å²) < 4.78 is 87.7. The van der Waals surface area contributed by atoms with Gasteiger partial charge in [-0.3, -0.25) is 4.72 Å². The van der Waals surface area contributed by atoms with Crippen LogP contribution in [0, 0.1) is 11.6 Å². The van der Waals surface area contributed by atoms with Crippen molar-refractivity contribution < 1.29 is 30.4 Å². The van der Waals surface area contributed by atoms with Crippen LogP contribution in [0.25, 0.3) is 0 Å². The van der Waals surface area contributed by atoms with E-state index in [9.17, 15) is 25.6 Å². The third-order valence-corrected chi connectivity index (χ3v) is 8.47. The molecule has 1 aliphatic heterocycles. The number of benzene rings is 1. The highest BCUT2D eigenvalue weighted by molar-refractivity contribution is 7.90. The Kier molecular flexibility index (Phi) is 9.16. The number of hydrogen-bond donors (Lipinski definition) is 1. The van der Waals surface area contributed by atoms with Crippen LogP contribution in [0.3, 0.4) is 0 Å². The van der Waals surface area contributed by atoms with Crippen LogP contribution in [0.5, 0.6) is 5.88 Å². The third-order valence-electron chi connectivity index (χ3n) is 5.53. The number of methoxy groups -OCH3 is 1. The maximum absolute atomic E-state index is 14.0. The lowest BCUT2D eigenvalue weighted by Crippen LogP contribution is -2.50. The zero-order chi connectivity index (χ0) is 26.5. The van der Waals surface area contributed by atoms with E-state index >= 15 is 0 Å². The molecule has 0 aliphatic carbocycles. The second kappa shape index (κ2) is 11.7. The second-order valence-corrected chi connectivity index (χ2v) is 12.1. The van der Waals surface area contributed by atoms with Crippen molar-refractivity contribution in [3.8, 4) is 5.88 Å². The number of hydrogen-bond acceptors (Lipinski definition) is 9. The van der Waals surface area contributed by atoms with Crippen molar-refractivity contribution in [3.05, 3.63) is 41.5 Å². The average molecular weight is 549 g/mol. The quantitative estimate of drug-likeness (QED) is 0.409. The van der Waals surface area contributed by atoms with Crippen LogP contribution in [0.2, 0.25) is 0 Å². The zero-order valence-corrected chi connectivity index (χ0v) is 21.9. The van der Waals surface area contributed by atoms with Gasteiger partial charge in [-0.1, -0.05) is 12.1 Å².